The van der Waals surface area contributed by atoms with E-state index in [0.29, 0.717) is 23.2 Å². The molecule has 1 saturated heterocycles. The summed E-state index contributed by atoms with van der Waals surface area (Å²) in [6.45, 7) is 9.21. The van der Waals surface area contributed by atoms with Crippen LogP contribution in [-0.4, -0.2) is 40.5 Å². The van der Waals surface area contributed by atoms with Gasteiger partial charge in [-0.05, 0) is 45.3 Å². The van der Waals surface area contributed by atoms with Crippen LogP contribution in [0.2, 0.25) is 0 Å². The minimum absolute atomic E-state index is 0.0388. The monoisotopic (exact) mass is 365 g/mol. The van der Waals surface area contributed by atoms with Gasteiger partial charge in [-0.15, -0.1) is 0 Å². The van der Waals surface area contributed by atoms with Gasteiger partial charge in [0.15, 0.2) is 17.2 Å². The zero-order valence-electron chi connectivity index (χ0n) is 15.0. The predicted molar refractivity (Wildman–Crippen MR) is 96.8 cm³/mol. The van der Waals surface area contributed by atoms with E-state index in [4.69, 9.17) is 9.31 Å². The minimum Gasteiger partial charge on any atom is -0.400 e. The fraction of sp³-hybridized carbons (Fsp3) is 0.471. The number of nitrogens with zero attached hydrogens (tertiary/aromatic N) is 1. The zero-order chi connectivity index (χ0) is 18.8. The molecule has 1 fully saturated rings. The van der Waals surface area contributed by atoms with Crippen LogP contribution in [-0.2, 0) is 14.1 Å². The molecule has 1 aromatic heterocycles. The molecule has 2 rings (SSSR count). The molecular weight excluding hydrogens is 344 g/mol. The fourth-order valence-electron chi connectivity index (χ4n) is 2.19. The highest BCUT2D eigenvalue weighted by molar-refractivity contribution is 8.13. The fourth-order valence-corrected chi connectivity index (χ4v) is 2.78. The third kappa shape index (κ3) is 4.57. The number of rotatable bonds is 5. The average molecular weight is 365 g/mol. The molecule has 5 nitrogen and oxygen atoms in total. The summed E-state index contributed by atoms with van der Waals surface area (Å²) in [5.41, 5.74) is -0.0372. The summed E-state index contributed by atoms with van der Waals surface area (Å²) in [6.07, 6.45) is 3.10. The number of carbonyl (C=O) groups excluding carboxylic acids is 2. The number of carbonyl (C=O) groups is 2. The smallest absolute Gasteiger partial charge is 0.400 e. The summed E-state index contributed by atoms with van der Waals surface area (Å²) in [7, 11) is -0.650. The first-order valence-corrected chi connectivity index (χ1v) is 8.84. The molecule has 1 aromatic rings. The van der Waals surface area contributed by atoms with E-state index < -0.39 is 24.1 Å². The van der Waals surface area contributed by atoms with E-state index in [9.17, 15) is 14.0 Å². The van der Waals surface area contributed by atoms with Crippen molar-refractivity contribution in [3.05, 3.63) is 34.8 Å². The van der Waals surface area contributed by atoms with E-state index in [1.165, 1.54) is 13.0 Å². The normalized spacial score (nSPS) is 19.1. The number of hydrogen-bond donors (Lipinski definition) is 0. The largest absolute Gasteiger partial charge is 0.491 e. The molecule has 0 atom stereocenters. The maximum absolute atomic E-state index is 13.5. The Labute approximate surface area is 151 Å². The number of aromatic nitrogens is 1. The van der Waals surface area contributed by atoms with Crippen LogP contribution in [0.25, 0.3) is 6.08 Å². The topological polar surface area (TPSA) is 65.5 Å². The number of halogens is 1. The van der Waals surface area contributed by atoms with E-state index in [1.54, 1.807) is 6.08 Å². The Balaban J connectivity index is 2.36. The van der Waals surface area contributed by atoms with Crippen molar-refractivity contribution < 1.29 is 23.3 Å². The summed E-state index contributed by atoms with van der Waals surface area (Å²) in [4.78, 5) is 26.3. The predicted octanol–water partition coefficient (Wildman–Crippen LogP) is 3.33. The molecular formula is C17H21BFNO4S. The van der Waals surface area contributed by atoms with E-state index in [0.717, 1.165) is 18.0 Å². The molecule has 0 saturated carbocycles. The summed E-state index contributed by atoms with van der Waals surface area (Å²) in [5, 5.41) is -0.0388. The lowest BCUT2D eigenvalue weighted by atomic mass is 9.78. The maximum Gasteiger partial charge on any atom is 0.491 e. The third-order valence-electron chi connectivity index (χ3n) is 4.36. The maximum atomic E-state index is 13.5. The Morgan fingerprint density at radius 1 is 1.32 bits per heavy atom. The van der Waals surface area contributed by atoms with Crippen molar-refractivity contribution in [2.75, 3.05) is 5.75 Å². The van der Waals surface area contributed by atoms with Gasteiger partial charge in [0.1, 0.15) is 0 Å². The second kappa shape index (κ2) is 7.39. The zero-order valence-corrected chi connectivity index (χ0v) is 15.8. The van der Waals surface area contributed by atoms with Crippen molar-refractivity contribution in [1.29, 1.82) is 0 Å². The molecule has 8 heteroatoms. The first kappa shape index (κ1) is 19.8. The Morgan fingerprint density at radius 2 is 1.92 bits per heavy atom. The number of aldehydes is 1. The Kier molecular flexibility index (Phi) is 5.86. The van der Waals surface area contributed by atoms with Crippen LogP contribution in [0.15, 0.2) is 17.7 Å². The van der Waals surface area contributed by atoms with Crippen LogP contribution in [0.1, 0.15) is 50.7 Å². The van der Waals surface area contributed by atoms with Gasteiger partial charge in [0.2, 0.25) is 0 Å². The van der Waals surface area contributed by atoms with E-state index in [2.05, 4.69) is 4.98 Å². The lowest BCUT2D eigenvalue weighted by molar-refractivity contribution is -0.109. The first-order chi connectivity index (χ1) is 11.6. The van der Waals surface area contributed by atoms with Gasteiger partial charge < -0.3 is 9.31 Å². The molecule has 1 aliphatic rings. The van der Waals surface area contributed by atoms with Gasteiger partial charge in [-0.3, -0.25) is 14.6 Å². The van der Waals surface area contributed by atoms with Crippen molar-refractivity contribution in [3.63, 3.8) is 0 Å². The van der Waals surface area contributed by atoms with E-state index in [1.807, 2.05) is 27.7 Å². The van der Waals surface area contributed by atoms with Gasteiger partial charge in [0, 0.05) is 12.7 Å². The molecule has 0 amide bonds. The lowest BCUT2D eigenvalue weighted by Gasteiger charge is -2.32. The summed E-state index contributed by atoms with van der Waals surface area (Å²) < 4.78 is 25.5. The first-order valence-electron chi connectivity index (χ1n) is 7.86. The van der Waals surface area contributed by atoms with Gasteiger partial charge in [-0.2, -0.15) is 0 Å². The van der Waals surface area contributed by atoms with Gasteiger partial charge in [0.25, 0.3) is 0 Å². The van der Waals surface area contributed by atoms with E-state index in [-0.39, 0.29) is 10.7 Å². The van der Waals surface area contributed by atoms with Crippen molar-refractivity contribution >= 4 is 36.4 Å². The van der Waals surface area contributed by atoms with Crippen molar-refractivity contribution in [2.24, 2.45) is 0 Å². The SMILES string of the molecule is CC(=O)SCC(=Cc1cc(C=O)c(F)cn1)B1OC(C)(C)C(C)(C)O1. The molecule has 0 aromatic carbocycles. The molecule has 0 bridgehead atoms. The molecule has 0 aliphatic carbocycles. The Hall–Kier alpha value is -1.51. The molecule has 0 radical (unpaired) electrons. The van der Waals surface area contributed by atoms with Crippen LogP contribution >= 0.6 is 11.8 Å². The highest BCUT2D eigenvalue weighted by Crippen LogP contribution is 2.39. The van der Waals surface area contributed by atoms with Crippen LogP contribution < -0.4 is 0 Å². The second-order valence-corrected chi connectivity index (χ2v) is 7.99. The van der Waals surface area contributed by atoms with Crippen molar-refractivity contribution in [1.82, 2.24) is 4.98 Å². The van der Waals surface area contributed by atoms with Gasteiger partial charge >= 0.3 is 7.12 Å². The summed E-state index contributed by atoms with van der Waals surface area (Å²) in [5.74, 6) is -0.329. The molecule has 0 unspecified atom stereocenters. The second-order valence-electron chi connectivity index (χ2n) is 6.84. The molecule has 25 heavy (non-hydrogen) atoms. The minimum atomic E-state index is -0.678. The number of pyridine rings is 1. The quantitative estimate of drug-likeness (QED) is 0.589. The summed E-state index contributed by atoms with van der Waals surface area (Å²) >= 11 is 1.12. The average Bonchev–Trinajstić information content (AvgIpc) is 2.73. The van der Waals surface area contributed by atoms with Crippen molar-refractivity contribution in [3.8, 4) is 0 Å². The highest BCUT2D eigenvalue weighted by atomic mass is 32.2. The van der Waals surface area contributed by atoms with Gasteiger partial charge in [0.05, 0.1) is 28.7 Å². The van der Waals surface area contributed by atoms with Crippen molar-refractivity contribution in [2.45, 2.75) is 45.8 Å². The van der Waals surface area contributed by atoms with Crippen LogP contribution in [0, 0.1) is 5.82 Å². The highest BCUT2D eigenvalue weighted by Gasteiger charge is 2.52. The van der Waals surface area contributed by atoms with E-state index >= 15 is 0 Å². The molecule has 1 aliphatic heterocycles. The van der Waals surface area contributed by atoms with Crippen LogP contribution in [0.3, 0.4) is 0 Å². The van der Waals surface area contributed by atoms with Gasteiger partial charge in [-0.1, -0.05) is 11.8 Å². The molecule has 0 N–H and O–H groups in total. The lowest BCUT2D eigenvalue weighted by Crippen LogP contribution is -2.41. The molecule has 134 valence electrons. The third-order valence-corrected chi connectivity index (χ3v) is 5.25. The Bertz CT molecular complexity index is 705. The summed E-state index contributed by atoms with van der Waals surface area (Å²) in [6, 6.07) is 1.35. The van der Waals surface area contributed by atoms with Gasteiger partial charge in [-0.25, -0.2) is 4.39 Å². The number of thioether (sulfide) groups is 1. The van der Waals surface area contributed by atoms with Crippen LogP contribution in [0.5, 0.6) is 0 Å². The van der Waals surface area contributed by atoms with Crippen LogP contribution in [0.4, 0.5) is 4.39 Å². The Morgan fingerprint density at radius 3 is 2.44 bits per heavy atom. The molecule has 0 spiro atoms. The molecule has 2 heterocycles. The number of hydrogen-bond acceptors (Lipinski definition) is 6. The standard InChI is InChI=1S/C17H21BFNO4S/c1-11(22)25-10-13(18-23-16(2,3)17(4,5)24-18)7-14-6-12(9-21)15(19)8-20-14/h6-9H,10H2,1-5H3.